The third kappa shape index (κ3) is 6.04. The number of rotatable bonds is 7. The normalized spacial score (nSPS) is 15.5. The quantitative estimate of drug-likeness (QED) is 0.668. The van der Waals surface area contributed by atoms with Crippen LogP contribution in [0, 0.1) is 6.92 Å². The summed E-state index contributed by atoms with van der Waals surface area (Å²) in [4.78, 5) is 25.6. The molecule has 2 aromatic rings. The molecule has 0 spiro atoms. The van der Waals surface area contributed by atoms with Gasteiger partial charge in [0.25, 0.3) is 0 Å². The lowest BCUT2D eigenvalue weighted by Crippen LogP contribution is -2.45. The summed E-state index contributed by atoms with van der Waals surface area (Å²) in [6.07, 6.45) is 0. The fourth-order valence-corrected chi connectivity index (χ4v) is 3.42. The molecular weight excluding hydrogens is 370 g/mol. The zero-order chi connectivity index (χ0) is 20.6. The van der Waals surface area contributed by atoms with E-state index in [1.807, 2.05) is 6.07 Å². The summed E-state index contributed by atoms with van der Waals surface area (Å²) in [6.45, 7) is 5.94. The minimum Gasteiger partial charge on any atom is -0.478 e. The maximum absolute atomic E-state index is 12.3. The molecule has 7 heteroatoms. The van der Waals surface area contributed by atoms with Gasteiger partial charge in [-0.05, 0) is 30.2 Å². The van der Waals surface area contributed by atoms with Gasteiger partial charge in [-0.15, -0.1) is 0 Å². The number of carboxylic acids is 1. The number of amides is 2. The number of carboxylic acid groups (broad SMARTS) is 1. The Hall–Kier alpha value is -2.90. The zero-order valence-electron chi connectivity index (χ0n) is 16.6. The molecule has 1 fully saturated rings. The average Bonchev–Trinajstić information content (AvgIpc) is 2.73. The number of carbonyl (C=O) groups excluding carboxylic acids is 1. The van der Waals surface area contributed by atoms with Crippen molar-refractivity contribution in [3.63, 3.8) is 0 Å². The molecule has 1 aliphatic rings. The van der Waals surface area contributed by atoms with Gasteiger partial charge in [0.15, 0.2) is 0 Å². The van der Waals surface area contributed by atoms with Crippen molar-refractivity contribution in [3.8, 4) is 0 Å². The van der Waals surface area contributed by atoms with Crippen LogP contribution < -0.4 is 10.6 Å². The summed E-state index contributed by atoms with van der Waals surface area (Å²) >= 11 is 0. The summed E-state index contributed by atoms with van der Waals surface area (Å²) in [7, 11) is 0. The SMILES string of the molecule is Cc1cccc(C(CNC(=O)NCc2ccc(C(=O)O)cc2)N2CCOCC2)c1. The summed E-state index contributed by atoms with van der Waals surface area (Å²) in [5, 5.41) is 14.7. The Morgan fingerprint density at radius 1 is 1.10 bits per heavy atom. The van der Waals surface area contributed by atoms with Crippen molar-refractivity contribution in [2.45, 2.75) is 19.5 Å². The van der Waals surface area contributed by atoms with Crippen molar-refractivity contribution >= 4 is 12.0 Å². The Kier molecular flexibility index (Phi) is 7.21. The van der Waals surface area contributed by atoms with Crippen LogP contribution in [0.4, 0.5) is 4.79 Å². The molecule has 0 saturated carbocycles. The second-order valence-electron chi connectivity index (χ2n) is 7.14. The summed E-state index contributed by atoms with van der Waals surface area (Å²) in [5.74, 6) is -0.965. The highest BCUT2D eigenvalue weighted by molar-refractivity contribution is 5.87. The molecule has 1 heterocycles. The minimum atomic E-state index is -0.965. The molecule has 1 saturated heterocycles. The molecule has 0 aromatic heterocycles. The van der Waals surface area contributed by atoms with Crippen LogP contribution in [0.5, 0.6) is 0 Å². The summed E-state index contributed by atoms with van der Waals surface area (Å²) < 4.78 is 5.47. The van der Waals surface area contributed by atoms with Gasteiger partial charge in [0.05, 0.1) is 24.8 Å². The van der Waals surface area contributed by atoms with Crippen molar-refractivity contribution in [3.05, 3.63) is 70.8 Å². The number of urea groups is 1. The van der Waals surface area contributed by atoms with Crippen LogP contribution >= 0.6 is 0 Å². The molecule has 2 amide bonds. The molecule has 154 valence electrons. The number of ether oxygens (including phenoxy) is 1. The van der Waals surface area contributed by atoms with Crippen molar-refractivity contribution in [1.82, 2.24) is 15.5 Å². The molecule has 7 nitrogen and oxygen atoms in total. The number of nitrogens with zero attached hydrogens (tertiary/aromatic N) is 1. The van der Waals surface area contributed by atoms with E-state index in [1.54, 1.807) is 12.1 Å². The number of benzene rings is 2. The Morgan fingerprint density at radius 2 is 1.83 bits per heavy atom. The van der Waals surface area contributed by atoms with Gasteiger partial charge >= 0.3 is 12.0 Å². The van der Waals surface area contributed by atoms with Gasteiger partial charge in [0.2, 0.25) is 0 Å². The van der Waals surface area contributed by atoms with Crippen LogP contribution in [0.3, 0.4) is 0 Å². The van der Waals surface area contributed by atoms with Crippen molar-refractivity contribution in [2.75, 3.05) is 32.8 Å². The second kappa shape index (κ2) is 10.0. The molecule has 1 aliphatic heterocycles. The summed E-state index contributed by atoms with van der Waals surface area (Å²) in [5.41, 5.74) is 3.43. The lowest BCUT2D eigenvalue weighted by atomic mass is 10.0. The van der Waals surface area contributed by atoms with Gasteiger partial charge in [-0.2, -0.15) is 0 Å². The first-order valence-electron chi connectivity index (χ1n) is 9.75. The van der Waals surface area contributed by atoms with Gasteiger partial charge in [0.1, 0.15) is 0 Å². The molecule has 29 heavy (non-hydrogen) atoms. The monoisotopic (exact) mass is 397 g/mol. The number of aryl methyl sites for hydroxylation is 1. The molecule has 2 aromatic carbocycles. The van der Waals surface area contributed by atoms with Crippen molar-refractivity contribution in [2.24, 2.45) is 0 Å². The standard InChI is InChI=1S/C22H27N3O4/c1-16-3-2-4-19(13-16)20(25-9-11-29-12-10-25)15-24-22(28)23-14-17-5-7-18(8-6-17)21(26)27/h2-8,13,20H,9-12,14-15H2,1H3,(H,26,27)(H2,23,24,28). The van der Waals surface area contributed by atoms with E-state index in [0.717, 1.165) is 18.7 Å². The predicted molar refractivity (Wildman–Crippen MR) is 110 cm³/mol. The highest BCUT2D eigenvalue weighted by atomic mass is 16.5. The van der Waals surface area contributed by atoms with Gasteiger partial charge in [-0.25, -0.2) is 9.59 Å². The Morgan fingerprint density at radius 3 is 2.48 bits per heavy atom. The number of nitrogens with one attached hydrogen (secondary N) is 2. The van der Waals surface area contributed by atoms with Gasteiger partial charge in [0, 0.05) is 26.2 Å². The van der Waals surface area contributed by atoms with E-state index in [-0.39, 0.29) is 17.6 Å². The highest BCUT2D eigenvalue weighted by Crippen LogP contribution is 2.22. The van der Waals surface area contributed by atoms with E-state index in [0.29, 0.717) is 26.3 Å². The molecule has 1 unspecified atom stereocenters. The number of hydrogen-bond donors (Lipinski definition) is 3. The van der Waals surface area contributed by atoms with E-state index in [4.69, 9.17) is 9.84 Å². The molecule has 3 N–H and O–H groups in total. The third-order valence-electron chi connectivity index (χ3n) is 5.02. The first kappa shape index (κ1) is 20.8. The van der Waals surface area contributed by atoms with Crippen molar-refractivity contribution < 1.29 is 19.4 Å². The number of morpholine rings is 1. The molecule has 3 rings (SSSR count). The molecule has 0 aliphatic carbocycles. The lowest BCUT2D eigenvalue weighted by molar-refractivity contribution is 0.0167. The number of hydrogen-bond acceptors (Lipinski definition) is 4. The fourth-order valence-electron chi connectivity index (χ4n) is 3.42. The van der Waals surface area contributed by atoms with Crippen LogP contribution in [-0.2, 0) is 11.3 Å². The van der Waals surface area contributed by atoms with Crippen LogP contribution in [0.25, 0.3) is 0 Å². The van der Waals surface area contributed by atoms with E-state index in [1.165, 1.54) is 23.3 Å². The predicted octanol–water partition coefficient (Wildman–Crippen LogP) is 2.57. The van der Waals surface area contributed by atoms with Crippen LogP contribution in [0.1, 0.15) is 33.1 Å². The van der Waals surface area contributed by atoms with E-state index >= 15 is 0 Å². The summed E-state index contributed by atoms with van der Waals surface area (Å²) in [6, 6.07) is 14.7. The van der Waals surface area contributed by atoms with Crippen LogP contribution in [-0.4, -0.2) is 54.9 Å². The maximum atomic E-state index is 12.3. The number of aromatic carboxylic acids is 1. The lowest BCUT2D eigenvalue weighted by Gasteiger charge is -2.35. The van der Waals surface area contributed by atoms with Crippen molar-refractivity contribution in [1.29, 1.82) is 0 Å². The Balaban J connectivity index is 1.56. The average molecular weight is 397 g/mol. The Bertz CT molecular complexity index is 832. The largest absolute Gasteiger partial charge is 0.478 e. The van der Waals surface area contributed by atoms with Gasteiger partial charge < -0.3 is 20.5 Å². The second-order valence-corrected chi connectivity index (χ2v) is 7.14. The fraction of sp³-hybridized carbons (Fsp3) is 0.364. The maximum Gasteiger partial charge on any atom is 0.335 e. The molecular formula is C22H27N3O4. The zero-order valence-corrected chi connectivity index (χ0v) is 16.6. The molecule has 0 bridgehead atoms. The molecule has 1 atom stereocenters. The van der Waals surface area contributed by atoms with Crippen LogP contribution in [0.2, 0.25) is 0 Å². The third-order valence-corrected chi connectivity index (χ3v) is 5.02. The molecule has 0 radical (unpaired) electrons. The topological polar surface area (TPSA) is 90.9 Å². The van der Waals surface area contributed by atoms with E-state index in [2.05, 4.69) is 40.7 Å². The smallest absolute Gasteiger partial charge is 0.335 e. The van der Waals surface area contributed by atoms with E-state index < -0.39 is 5.97 Å². The van der Waals surface area contributed by atoms with E-state index in [9.17, 15) is 9.59 Å². The first-order valence-corrected chi connectivity index (χ1v) is 9.75. The first-order chi connectivity index (χ1) is 14.0. The minimum absolute atomic E-state index is 0.0828. The van der Waals surface area contributed by atoms with Crippen LogP contribution in [0.15, 0.2) is 48.5 Å². The Labute approximate surface area is 170 Å². The van der Waals surface area contributed by atoms with Gasteiger partial charge in [-0.1, -0.05) is 42.0 Å². The highest BCUT2D eigenvalue weighted by Gasteiger charge is 2.23. The number of carbonyl (C=O) groups is 2. The van der Waals surface area contributed by atoms with Gasteiger partial charge in [-0.3, -0.25) is 4.90 Å².